The number of carbonyl (C=O) groups excluding carboxylic acids is 1. The Labute approximate surface area is 175 Å². The summed E-state index contributed by atoms with van der Waals surface area (Å²) in [6, 6.07) is 9.21. The molecule has 2 aliphatic heterocycles. The molecule has 1 aromatic heterocycles. The maximum atomic E-state index is 13.1. The number of rotatable bonds is 3. The van der Waals surface area contributed by atoms with Gasteiger partial charge in [-0.3, -0.25) is 9.59 Å². The van der Waals surface area contributed by atoms with Crippen LogP contribution >= 0.6 is 0 Å². The van der Waals surface area contributed by atoms with Gasteiger partial charge in [-0.25, -0.2) is 4.68 Å². The van der Waals surface area contributed by atoms with Crippen LogP contribution in [0, 0.1) is 5.92 Å². The zero-order valence-corrected chi connectivity index (χ0v) is 17.3. The number of carbonyl (C=O) groups is 1. The highest BCUT2D eigenvalue weighted by molar-refractivity contribution is 5.82. The maximum Gasteiger partial charge on any atom is 0.267 e. The molecular formula is C23H27N3O4. The van der Waals surface area contributed by atoms with Crippen molar-refractivity contribution in [2.24, 2.45) is 5.92 Å². The summed E-state index contributed by atoms with van der Waals surface area (Å²) in [6.07, 6.45) is 3.77. The molecule has 2 unspecified atom stereocenters. The van der Waals surface area contributed by atoms with Crippen LogP contribution in [0.5, 0.6) is 11.5 Å². The van der Waals surface area contributed by atoms with Crippen LogP contribution in [-0.4, -0.2) is 45.9 Å². The molecule has 7 nitrogen and oxygen atoms in total. The fourth-order valence-electron chi connectivity index (χ4n) is 4.72. The Bertz CT molecular complexity index is 1010. The molecule has 158 valence electrons. The SMILES string of the molecule is CC1Oc2ccccc2OC1C(=O)N1CCC(Cn2nc3c(cc2=O)CCC3)CC1. The van der Waals surface area contributed by atoms with E-state index < -0.39 is 6.10 Å². The van der Waals surface area contributed by atoms with E-state index >= 15 is 0 Å². The summed E-state index contributed by atoms with van der Waals surface area (Å²) in [5, 5.41) is 4.59. The predicted molar refractivity (Wildman–Crippen MR) is 111 cm³/mol. The number of para-hydroxylation sites is 2. The number of piperidine rings is 1. The molecule has 0 bridgehead atoms. The molecule has 1 fully saturated rings. The van der Waals surface area contributed by atoms with E-state index in [9.17, 15) is 9.59 Å². The van der Waals surface area contributed by atoms with Crippen LogP contribution in [0.25, 0.3) is 0 Å². The molecule has 0 N–H and O–H groups in total. The van der Waals surface area contributed by atoms with Gasteiger partial charge in [-0.2, -0.15) is 5.10 Å². The molecule has 1 amide bonds. The standard InChI is InChI=1S/C23H27N3O4/c1-15-22(30-20-8-3-2-7-19(20)29-15)23(28)25-11-9-16(10-12-25)14-26-21(27)13-17-5-4-6-18(17)24-26/h2-3,7-8,13,15-16,22H,4-6,9-12,14H2,1H3. The molecule has 3 heterocycles. The molecule has 5 rings (SSSR count). The molecule has 7 heteroatoms. The summed E-state index contributed by atoms with van der Waals surface area (Å²) in [6.45, 7) is 3.83. The van der Waals surface area contributed by atoms with Crippen molar-refractivity contribution in [1.29, 1.82) is 0 Å². The number of aryl methyl sites for hydroxylation is 2. The first kappa shape index (κ1) is 19.2. The fraction of sp³-hybridized carbons (Fsp3) is 0.522. The molecule has 2 atom stereocenters. The van der Waals surface area contributed by atoms with Gasteiger partial charge in [0, 0.05) is 25.7 Å². The fourth-order valence-corrected chi connectivity index (χ4v) is 4.72. The average molecular weight is 409 g/mol. The van der Waals surface area contributed by atoms with Gasteiger partial charge in [-0.1, -0.05) is 12.1 Å². The molecule has 3 aliphatic rings. The molecule has 2 aromatic rings. The third-order valence-corrected chi connectivity index (χ3v) is 6.47. The largest absolute Gasteiger partial charge is 0.482 e. The molecule has 1 saturated heterocycles. The Kier molecular flexibility index (Phi) is 4.97. The van der Waals surface area contributed by atoms with E-state index in [0.717, 1.165) is 43.4 Å². The van der Waals surface area contributed by atoms with Crippen molar-refractivity contribution in [3.05, 3.63) is 51.9 Å². The van der Waals surface area contributed by atoms with Gasteiger partial charge in [0.15, 0.2) is 11.5 Å². The minimum absolute atomic E-state index is 0.00518. The average Bonchev–Trinajstić information content (AvgIpc) is 3.20. The minimum Gasteiger partial charge on any atom is -0.482 e. The van der Waals surface area contributed by atoms with Gasteiger partial charge >= 0.3 is 0 Å². The summed E-state index contributed by atoms with van der Waals surface area (Å²) < 4.78 is 13.5. The summed E-state index contributed by atoms with van der Waals surface area (Å²) in [5.74, 6) is 1.62. The number of likely N-dealkylation sites (tertiary alicyclic amines) is 1. The smallest absolute Gasteiger partial charge is 0.267 e. The Balaban J connectivity index is 1.20. The second kappa shape index (κ2) is 7.78. The van der Waals surface area contributed by atoms with Crippen LogP contribution in [0.4, 0.5) is 0 Å². The van der Waals surface area contributed by atoms with Crippen LogP contribution in [0.15, 0.2) is 35.1 Å². The highest BCUT2D eigenvalue weighted by atomic mass is 16.6. The monoisotopic (exact) mass is 409 g/mol. The first-order chi connectivity index (χ1) is 14.6. The number of hydrogen-bond donors (Lipinski definition) is 0. The van der Waals surface area contributed by atoms with Crippen molar-refractivity contribution in [3.8, 4) is 11.5 Å². The van der Waals surface area contributed by atoms with E-state index in [2.05, 4.69) is 5.10 Å². The molecular weight excluding hydrogens is 382 g/mol. The minimum atomic E-state index is -0.627. The van der Waals surface area contributed by atoms with E-state index in [1.807, 2.05) is 36.1 Å². The third kappa shape index (κ3) is 3.57. The van der Waals surface area contributed by atoms with Crippen LogP contribution in [0.2, 0.25) is 0 Å². The topological polar surface area (TPSA) is 73.7 Å². The van der Waals surface area contributed by atoms with Crippen LogP contribution < -0.4 is 15.0 Å². The zero-order valence-electron chi connectivity index (χ0n) is 17.3. The quantitative estimate of drug-likeness (QED) is 0.777. The van der Waals surface area contributed by atoms with Crippen molar-refractivity contribution in [3.63, 3.8) is 0 Å². The maximum absolute atomic E-state index is 13.1. The summed E-state index contributed by atoms with van der Waals surface area (Å²) in [4.78, 5) is 27.3. The Morgan fingerprint density at radius 2 is 1.87 bits per heavy atom. The van der Waals surface area contributed by atoms with Crippen LogP contribution in [0.1, 0.15) is 37.4 Å². The van der Waals surface area contributed by atoms with E-state index in [-0.39, 0.29) is 17.6 Å². The first-order valence-electron chi connectivity index (χ1n) is 10.9. The van der Waals surface area contributed by atoms with Gasteiger partial charge in [0.2, 0.25) is 6.10 Å². The normalized spacial score (nSPS) is 23.3. The number of ether oxygens (including phenoxy) is 2. The lowest BCUT2D eigenvalue weighted by Gasteiger charge is -2.37. The molecule has 0 spiro atoms. The van der Waals surface area contributed by atoms with E-state index in [1.165, 1.54) is 0 Å². The van der Waals surface area contributed by atoms with Crippen molar-refractivity contribution in [2.45, 2.75) is 57.8 Å². The second-order valence-corrected chi connectivity index (χ2v) is 8.57. The van der Waals surface area contributed by atoms with Gasteiger partial charge in [0.1, 0.15) is 6.10 Å². The van der Waals surface area contributed by atoms with Gasteiger partial charge in [0.25, 0.3) is 11.5 Å². The third-order valence-electron chi connectivity index (χ3n) is 6.47. The van der Waals surface area contributed by atoms with Crippen molar-refractivity contribution in [1.82, 2.24) is 14.7 Å². The van der Waals surface area contributed by atoms with Gasteiger partial charge in [-0.05, 0) is 62.6 Å². The Morgan fingerprint density at radius 3 is 2.63 bits per heavy atom. The molecule has 0 saturated carbocycles. The number of hydrogen-bond acceptors (Lipinski definition) is 5. The number of benzene rings is 1. The van der Waals surface area contributed by atoms with E-state index in [1.54, 1.807) is 10.7 Å². The molecule has 0 radical (unpaired) electrons. The molecule has 30 heavy (non-hydrogen) atoms. The zero-order chi connectivity index (χ0) is 20.7. The second-order valence-electron chi connectivity index (χ2n) is 8.57. The van der Waals surface area contributed by atoms with E-state index in [4.69, 9.17) is 9.47 Å². The molecule has 1 aromatic carbocycles. The lowest BCUT2D eigenvalue weighted by atomic mass is 9.96. The highest BCUT2D eigenvalue weighted by Gasteiger charge is 2.38. The highest BCUT2D eigenvalue weighted by Crippen LogP contribution is 2.34. The lowest BCUT2D eigenvalue weighted by molar-refractivity contribution is -0.145. The van der Waals surface area contributed by atoms with Crippen LogP contribution in [-0.2, 0) is 24.2 Å². The summed E-state index contributed by atoms with van der Waals surface area (Å²) >= 11 is 0. The van der Waals surface area contributed by atoms with Crippen molar-refractivity contribution >= 4 is 5.91 Å². The van der Waals surface area contributed by atoms with Gasteiger partial charge in [0.05, 0.1) is 5.69 Å². The summed E-state index contributed by atoms with van der Waals surface area (Å²) in [7, 11) is 0. The first-order valence-corrected chi connectivity index (χ1v) is 10.9. The molecule has 1 aliphatic carbocycles. The van der Waals surface area contributed by atoms with Crippen molar-refractivity contribution < 1.29 is 14.3 Å². The van der Waals surface area contributed by atoms with Crippen LogP contribution in [0.3, 0.4) is 0 Å². The van der Waals surface area contributed by atoms with Crippen molar-refractivity contribution in [2.75, 3.05) is 13.1 Å². The number of nitrogens with zero attached hydrogens (tertiary/aromatic N) is 3. The number of aromatic nitrogens is 2. The van der Waals surface area contributed by atoms with Gasteiger partial charge in [-0.15, -0.1) is 0 Å². The number of fused-ring (bicyclic) bond motifs is 2. The van der Waals surface area contributed by atoms with E-state index in [0.29, 0.717) is 37.1 Å². The Morgan fingerprint density at radius 1 is 1.13 bits per heavy atom. The predicted octanol–water partition coefficient (Wildman–Crippen LogP) is 2.20. The van der Waals surface area contributed by atoms with Gasteiger partial charge < -0.3 is 14.4 Å². The Hall–Kier alpha value is -2.83. The lowest BCUT2D eigenvalue weighted by Crippen LogP contribution is -2.52. The number of amides is 1. The summed E-state index contributed by atoms with van der Waals surface area (Å²) in [5.41, 5.74) is 2.18.